The molecule has 0 bridgehead atoms. The quantitative estimate of drug-likeness (QED) is 0.279. The molecule has 212 valence electrons. The first kappa shape index (κ1) is 29.2. The second-order valence-corrected chi connectivity index (χ2v) is 11.7. The molecule has 4 rings (SSSR count). The Bertz CT molecular complexity index is 1310. The SMILES string of the molecule is CC(C)Oc1ccc(CN(CC(=O)O)C(=O)CCc2ccc3c(c2)C[C@@](C)(Cc2ccc(C(C)C)cc2)O3)cc1. The zero-order valence-electron chi connectivity index (χ0n) is 24.3. The standard InChI is InChI=1S/C34H41NO5/c1-23(2)28-12-6-26(7-13-28)19-34(5)20-29-18-25(10-16-31(29)40-34)11-17-32(36)35(22-33(37)38)21-27-8-14-30(15-9-27)39-24(3)4/h6-10,12-16,18,23-24H,11,17,19-22H2,1-5H3,(H,37,38)/t34-/m1/s1. The molecule has 1 heterocycles. The Morgan fingerprint density at radius 2 is 1.60 bits per heavy atom. The molecule has 6 nitrogen and oxygen atoms in total. The molecule has 0 aromatic heterocycles. The van der Waals surface area contributed by atoms with Crippen LogP contribution in [0.3, 0.4) is 0 Å². The average molecular weight is 544 g/mol. The minimum absolute atomic E-state index is 0.0671. The van der Waals surface area contributed by atoms with Crippen LogP contribution in [0.2, 0.25) is 0 Å². The highest BCUT2D eigenvalue weighted by atomic mass is 16.5. The van der Waals surface area contributed by atoms with E-state index in [2.05, 4.69) is 51.1 Å². The summed E-state index contributed by atoms with van der Waals surface area (Å²) in [5.41, 5.74) is 5.33. The predicted molar refractivity (Wildman–Crippen MR) is 157 cm³/mol. The Hall–Kier alpha value is -3.80. The van der Waals surface area contributed by atoms with E-state index in [0.717, 1.165) is 41.0 Å². The zero-order valence-corrected chi connectivity index (χ0v) is 24.3. The van der Waals surface area contributed by atoms with E-state index in [4.69, 9.17) is 9.47 Å². The molecule has 1 amide bonds. The fourth-order valence-electron chi connectivity index (χ4n) is 5.25. The van der Waals surface area contributed by atoms with Crippen molar-refractivity contribution in [2.24, 2.45) is 0 Å². The molecule has 3 aromatic rings. The van der Waals surface area contributed by atoms with Crippen LogP contribution < -0.4 is 9.47 Å². The number of hydrogen-bond donors (Lipinski definition) is 1. The van der Waals surface area contributed by atoms with E-state index in [0.29, 0.717) is 12.3 Å². The number of nitrogens with zero attached hydrogens (tertiary/aromatic N) is 1. The normalized spacial score (nSPS) is 16.1. The number of aryl methyl sites for hydroxylation is 1. The van der Waals surface area contributed by atoms with Gasteiger partial charge in [0.1, 0.15) is 23.6 Å². The summed E-state index contributed by atoms with van der Waals surface area (Å²) in [6.45, 7) is 10.4. The molecule has 1 N–H and O–H groups in total. The number of carboxylic acids is 1. The second kappa shape index (κ2) is 12.6. The van der Waals surface area contributed by atoms with Gasteiger partial charge in [0.15, 0.2) is 0 Å². The van der Waals surface area contributed by atoms with Gasteiger partial charge in [0.25, 0.3) is 0 Å². The van der Waals surface area contributed by atoms with Gasteiger partial charge in [-0.15, -0.1) is 0 Å². The Kier molecular flexibility index (Phi) is 9.18. The fourth-order valence-corrected chi connectivity index (χ4v) is 5.25. The maximum absolute atomic E-state index is 13.1. The highest BCUT2D eigenvalue weighted by Crippen LogP contribution is 2.38. The molecule has 3 aromatic carbocycles. The molecule has 40 heavy (non-hydrogen) atoms. The van der Waals surface area contributed by atoms with Crippen molar-refractivity contribution in [3.05, 3.63) is 94.5 Å². The van der Waals surface area contributed by atoms with Gasteiger partial charge in [0, 0.05) is 25.8 Å². The van der Waals surface area contributed by atoms with Crippen LogP contribution in [0, 0.1) is 0 Å². The summed E-state index contributed by atoms with van der Waals surface area (Å²) in [4.78, 5) is 26.0. The number of carboxylic acid groups (broad SMARTS) is 1. The minimum atomic E-state index is -1.03. The van der Waals surface area contributed by atoms with Gasteiger partial charge in [-0.25, -0.2) is 0 Å². The molecule has 0 aliphatic carbocycles. The van der Waals surface area contributed by atoms with Crippen LogP contribution in [-0.2, 0) is 35.4 Å². The molecule has 1 aliphatic rings. The third-order valence-electron chi connectivity index (χ3n) is 7.25. The van der Waals surface area contributed by atoms with E-state index < -0.39 is 5.97 Å². The fraction of sp³-hybridized carbons (Fsp3) is 0.412. The Morgan fingerprint density at radius 1 is 0.950 bits per heavy atom. The molecule has 0 saturated heterocycles. The van der Waals surface area contributed by atoms with Crippen molar-refractivity contribution in [2.75, 3.05) is 6.54 Å². The third-order valence-corrected chi connectivity index (χ3v) is 7.25. The van der Waals surface area contributed by atoms with Gasteiger partial charge < -0.3 is 19.5 Å². The molecule has 0 radical (unpaired) electrons. The number of carbonyl (C=O) groups excluding carboxylic acids is 1. The van der Waals surface area contributed by atoms with Gasteiger partial charge >= 0.3 is 5.97 Å². The summed E-state index contributed by atoms with van der Waals surface area (Å²) in [5.74, 6) is 0.941. The van der Waals surface area contributed by atoms with Gasteiger partial charge in [0.05, 0.1) is 6.10 Å². The van der Waals surface area contributed by atoms with Crippen molar-refractivity contribution in [2.45, 2.75) is 84.5 Å². The topological polar surface area (TPSA) is 76.1 Å². The minimum Gasteiger partial charge on any atom is -0.491 e. The lowest BCUT2D eigenvalue weighted by molar-refractivity contribution is -0.144. The molecular weight excluding hydrogens is 502 g/mol. The molecule has 1 aliphatic heterocycles. The summed E-state index contributed by atoms with van der Waals surface area (Å²) < 4.78 is 12.1. The van der Waals surface area contributed by atoms with Crippen molar-refractivity contribution in [1.29, 1.82) is 0 Å². The van der Waals surface area contributed by atoms with Crippen molar-refractivity contribution in [1.82, 2.24) is 4.90 Å². The maximum atomic E-state index is 13.1. The summed E-state index contributed by atoms with van der Waals surface area (Å²) in [5, 5.41) is 9.41. The van der Waals surface area contributed by atoms with Gasteiger partial charge in [-0.3, -0.25) is 9.59 Å². The molecular formula is C34H41NO5. The molecule has 0 saturated carbocycles. The largest absolute Gasteiger partial charge is 0.491 e. The average Bonchev–Trinajstić information content (AvgIpc) is 3.22. The monoisotopic (exact) mass is 543 g/mol. The highest BCUT2D eigenvalue weighted by Gasteiger charge is 2.35. The van der Waals surface area contributed by atoms with E-state index in [-0.39, 0.29) is 37.1 Å². The number of ether oxygens (including phenoxy) is 2. The molecule has 1 atom stereocenters. The van der Waals surface area contributed by atoms with E-state index in [1.54, 1.807) is 0 Å². The third kappa shape index (κ3) is 7.87. The van der Waals surface area contributed by atoms with Gasteiger partial charge in [-0.1, -0.05) is 62.4 Å². The number of hydrogen-bond acceptors (Lipinski definition) is 4. The number of rotatable bonds is 12. The van der Waals surface area contributed by atoms with E-state index in [9.17, 15) is 14.7 Å². The smallest absolute Gasteiger partial charge is 0.323 e. The lowest BCUT2D eigenvalue weighted by Crippen LogP contribution is -2.35. The van der Waals surface area contributed by atoms with Crippen LogP contribution in [0.1, 0.15) is 74.8 Å². The second-order valence-electron chi connectivity index (χ2n) is 11.7. The van der Waals surface area contributed by atoms with Crippen LogP contribution in [0.25, 0.3) is 0 Å². The van der Waals surface area contributed by atoms with Crippen LogP contribution in [-0.4, -0.2) is 40.1 Å². The molecule has 0 fully saturated rings. The lowest BCUT2D eigenvalue weighted by Gasteiger charge is -2.24. The summed E-state index contributed by atoms with van der Waals surface area (Å²) in [7, 11) is 0. The van der Waals surface area contributed by atoms with Crippen LogP contribution in [0.5, 0.6) is 11.5 Å². The van der Waals surface area contributed by atoms with Crippen LogP contribution in [0.15, 0.2) is 66.7 Å². The van der Waals surface area contributed by atoms with Gasteiger partial charge in [0.2, 0.25) is 5.91 Å². The number of benzene rings is 3. The van der Waals surface area contributed by atoms with Crippen LogP contribution in [0.4, 0.5) is 0 Å². The number of amides is 1. The van der Waals surface area contributed by atoms with Gasteiger partial charge in [-0.05, 0) is 79.1 Å². The maximum Gasteiger partial charge on any atom is 0.323 e. The molecule has 6 heteroatoms. The Morgan fingerprint density at radius 3 is 2.23 bits per heavy atom. The summed E-state index contributed by atoms with van der Waals surface area (Å²) in [6.07, 6.45) is 2.47. The first-order valence-electron chi connectivity index (χ1n) is 14.1. The van der Waals surface area contributed by atoms with Crippen molar-refractivity contribution in [3.8, 4) is 11.5 Å². The number of fused-ring (bicyclic) bond motifs is 1. The predicted octanol–water partition coefficient (Wildman–Crippen LogP) is 6.58. The first-order chi connectivity index (χ1) is 19.0. The highest BCUT2D eigenvalue weighted by molar-refractivity contribution is 5.81. The van der Waals surface area contributed by atoms with Gasteiger partial charge in [-0.2, -0.15) is 0 Å². The summed E-state index contributed by atoms with van der Waals surface area (Å²) >= 11 is 0. The molecule has 0 spiro atoms. The van der Waals surface area contributed by atoms with E-state index in [1.807, 2.05) is 50.2 Å². The Labute approximate surface area is 237 Å². The summed E-state index contributed by atoms with van der Waals surface area (Å²) in [6, 6.07) is 22.4. The number of carbonyl (C=O) groups is 2. The number of aliphatic carboxylic acids is 1. The van der Waals surface area contributed by atoms with Crippen molar-refractivity contribution < 1.29 is 24.2 Å². The van der Waals surface area contributed by atoms with Crippen LogP contribution >= 0.6 is 0 Å². The zero-order chi connectivity index (χ0) is 28.9. The van der Waals surface area contributed by atoms with E-state index >= 15 is 0 Å². The van der Waals surface area contributed by atoms with Crippen molar-refractivity contribution >= 4 is 11.9 Å². The Balaban J connectivity index is 1.36. The molecule has 0 unspecified atom stereocenters. The van der Waals surface area contributed by atoms with Crippen molar-refractivity contribution in [3.63, 3.8) is 0 Å². The van der Waals surface area contributed by atoms with E-state index in [1.165, 1.54) is 16.0 Å². The lowest BCUT2D eigenvalue weighted by atomic mass is 9.90. The first-order valence-corrected chi connectivity index (χ1v) is 14.1.